The summed E-state index contributed by atoms with van der Waals surface area (Å²) in [5.41, 5.74) is 2.47. The number of aryl methyl sites for hydroxylation is 1. The van der Waals surface area contributed by atoms with Crippen LogP contribution in [0.4, 0.5) is 0 Å². The first-order valence-electron chi connectivity index (χ1n) is 13.0. The number of rotatable bonds is 8. The SMILES string of the molecule is Cc1ccc(S(=O)(=O)NC[C@H]2CCCC=C2C[Si](c2ccccc2)(c2ccccc2)C(C)(C)C)cc1. The minimum absolute atomic E-state index is 0.0694. The molecule has 0 fully saturated rings. The Hall–Kier alpha value is -2.47. The molecule has 0 bridgehead atoms. The van der Waals surface area contributed by atoms with E-state index in [2.05, 4.69) is 92.2 Å². The zero-order chi connectivity index (χ0) is 25.8. The number of allylic oxidation sites excluding steroid dienone is 1. The summed E-state index contributed by atoms with van der Waals surface area (Å²) >= 11 is 0. The van der Waals surface area contributed by atoms with Crippen LogP contribution in [0.25, 0.3) is 0 Å². The molecule has 1 aliphatic carbocycles. The number of benzene rings is 3. The summed E-state index contributed by atoms with van der Waals surface area (Å²) in [6.07, 6.45) is 5.59. The fourth-order valence-corrected chi connectivity index (χ4v) is 12.4. The van der Waals surface area contributed by atoms with Gasteiger partial charge in [0, 0.05) is 6.54 Å². The largest absolute Gasteiger partial charge is 0.240 e. The third-order valence-corrected chi connectivity index (χ3v) is 15.4. The van der Waals surface area contributed by atoms with Crippen molar-refractivity contribution in [2.75, 3.05) is 6.54 Å². The van der Waals surface area contributed by atoms with E-state index in [1.54, 1.807) is 12.1 Å². The molecular formula is C31H39NO2SSi. The fraction of sp³-hybridized carbons (Fsp3) is 0.355. The van der Waals surface area contributed by atoms with Crippen LogP contribution in [-0.2, 0) is 10.0 Å². The third-order valence-electron chi connectivity index (χ3n) is 7.82. The van der Waals surface area contributed by atoms with E-state index in [1.165, 1.54) is 15.9 Å². The number of sulfonamides is 1. The zero-order valence-electron chi connectivity index (χ0n) is 22.0. The zero-order valence-corrected chi connectivity index (χ0v) is 23.8. The van der Waals surface area contributed by atoms with Crippen molar-refractivity contribution in [3.63, 3.8) is 0 Å². The summed E-state index contributed by atoms with van der Waals surface area (Å²) in [5, 5.41) is 2.95. The molecule has 3 aromatic rings. The van der Waals surface area contributed by atoms with E-state index >= 15 is 0 Å². The second-order valence-corrected chi connectivity index (χ2v) is 17.7. The maximum Gasteiger partial charge on any atom is 0.240 e. The highest BCUT2D eigenvalue weighted by Gasteiger charge is 2.48. The number of hydrogen-bond donors (Lipinski definition) is 1. The Kier molecular flexibility index (Phi) is 8.03. The molecule has 4 rings (SSSR count). The van der Waals surface area contributed by atoms with E-state index in [0.717, 1.165) is 30.9 Å². The van der Waals surface area contributed by atoms with Gasteiger partial charge in [-0.3, -0.25) is 0 Å². The second kappa shape index (κ2) is 10.9. The molecule has 1 N–H and O–H groups in total. The lowest BCUT2D eigenvalue weighted by Gasteiger charge is -2.46. The van der Waals surface area contributed by atoms with Crippen LogP contribution in [0, 0.1) is 12.8 Å². The molecule has 1 atom stereocenters. The van der Waals surface area contributed by atoms with E-state index in [9.17, 15) is 8.42 Å². The molecule has 0 aromatic heterocycles. The van der Waals surface area contributed by atoms with Crippen LogP contribution in [-0.4, -0.2) is 23.0 Å². The molecule has 0 saturated heterocycles. The molecule has 0 heterocycles. The number of nitrogens with one attached hydrogen (secondary N) is 1. The van der Waals surface area contributed by atoms with Gasteiger partial charge in [0.2, 0.25) is 10.0 Å². The normalized spacial score (nSPS) is 17.0. The first-order valence-corrected chi connectivity index (χ1v) is 16.7. The quantitative estimate of drug-likeness (QED) is 0.291. The van der Waals surface area contributed by atoms with Crippen LogP contribution < -0.4 is 15.1 Å². The molecule has 0 amide bonds. The predicted octanol–water partition coefficient (Wildman–Crippen LogP) is 6.06. The summed E-state index contributed by atoms with van der Waals surface area (Å²) in [5.74, 6) is 0.209. The fourth-order valence-electron chi connectivity index (χ4n) is 5.72. The Morgan fingerprint density at radius 2 is 1.42 bits per heavy atom. The molecule has 5 heteroatoms. The van der Waals surface area contributed by atoms with Gasteiger partial charge in [-0.05, 0) is 55.3 Å². The molecule has 1 aliphatic rings. The summed E-state index contributed by atoms with van der Waals surface area (Å²) in [6, 6.07) is 30.2. The summed E-state index contributed by atoms with van der Waals surface area (Å²) in [6.45, 7) is 9.57. The molecule has 0 radical (unpaired) electrons. The van der Waals surface area contributed by atoms with Gasteiger partial charge in [0.1, 0.15) is 8.07 Å². The summed E-state index contributed by atoms with van der Waals surface area (Å²) < 4.78 is 29.1. The second-order valence-electron chi connectivity index (χ2n) is 11.1. The monoisotopic (exact) mass is 517 g/mol. The highest BCUT2D eigenvalue weighted by atomic mass is 32.2. The molecule has 0 spiro atoms. The first kappa shape index (κ1) is 26.6. The van der Waals surface area contributed by atoms with Crippen molar-refractivity contribution in [1.29, 1.82) is 0 Å². The van der Waals surface area contributed by atoms with Crippen molar-refractivity contribution in [1.82, 2.24) is 4.72 Å². The first-order chi connectivity index (χ1) is 17.1. The average molecular weight is 518 g/mol. The van der Waals surface area contributed by atoms with Crippen LogP contribution >= 0.6 is 0 Å². The van der Waals surface area contributed by atoms with Crippen molar-refractivity contribution >= 4 is 28.5 Å². The van der Waals surface area contributed by atoms with Crippen molar-refractivity contribution < 1.29 is 8.42 Å². The Morgan fingerprint density at radius 3 is 1.94 bits per heavy atom. The molecular weight excluding hydrogens is 478 g/mol. The molecule has 190 valence electrons. The van der Waals surface area contributed by atoms with Crippen LogP contribution in [0.15, 0.2) is 101 Å². The number of hydrogen-bond acceptors (Lipinski definition) is 2. The van der Waals surface area contributed by atoms with Gasteiger partial charge in [-0.15, -0.1) is 0 Å². The van der Waals surface area contributed by atoms with Gasteiger partial charge in [0.25, 0.3) is 0 Å². The van der Waals surface area contributed by atoms with Gasteiger partial charge in [-0.1, -0.05) is 121 Å². The van der Waals surface area contributed by atoms with Crippen LogP contribution in [0.5, 0.6) is 0 Å². The molecule has 3 aromatic carbocycles. The summed E-state index contributed by atoms with van der Waals surface area (Å²) in [7, 11) is -5.81. The van der Waals surface area contributed by atoms with Gasteiger partial charge >= 0.3 is 0 Å². The van der Waals surface area contributed by atoms with E-state index < -0.39 is 18.1 Å². The Labute approximate surface area is 218 Å². The lowest BCUT2D eigenvalue weighted by molar-refractivity contribution is 0.493. The third kappa shape index (κ3) is 5.59. The van der Waals surface area contributed by atoms with E-state index in [4.69, 9.17) is 0 Å². The van der Waals surface area contributed by atoms with Gasteiger partial charge in [-0.2, -0.15) is 0 Å². The van der Waals surface area contributed by atoms with Gasteiger partial charge in [0.05, 0.1) is 4.90 Å². The highest BCUT2D eigenvalue weighted by Crippen LogP contribution is 2.43. The molecule has 0 aliphatic heterocycles. The van der Waals surface area contributed by atoms with Gasteiger partial charge < -0.3 is 0 Å². The molecule has 36 heavy (non-hydrogen) atoms. The summed E-state index contributed by atoms with van der Waals surface area (Å²) in [4.78, 5) is 0.335. The highest BCUT2D eigenvalue weighted by molar-refractivity contribution is 7.89. The van der Waals surface area contributed by atoms with Crippen molar-refractivity contribution in [3.8, 4) is 0 Å². The minimum Gasteiger partial charge on any atom is -0.211 e. The average Bonchev–Trinajstić information content (AvgIpc) is 2.87. The van der Waals surface area contributed by atoms with Crippen LogP contribution in [0.3, 0.4) is 0 Å². The van der Waals surface area contributed by atoms with Crippen molar-refractivity contribution in [3.05, 3.63) is 102 Å². The Morgan fingerprint density at radius 1 is 0.861 bits per heavy atom. The Balaban J connectivity index is 1.68. The van der Waals surface area contributed by atoms with E-state index in [-0.39, 0.29) is 11.0 Å². The van der Waals surface area contributed by atoms with Gasteiger partial charge in [0.15, 0.2) is 0 Å². The molecule has 3 nitrogen and oxygen atoms in total. The van der Waals surface area contributed by atoms with E-state index in [1.807, 2.05) is 19.1 Å². The maximum atomic E-state index is 13.1. The standard InChI is InChI=1S/C31H39NO2SSi/c1-25-19-21-28(22-20-25)35(33,34)32-23-26-13-11-12-14-27(26)24-36(31(2,3)4,29-15-7-5-8-16-29)30-17-9-6-10-18-30/h5-10,14-22,26,32H,11-13,23-24H2,1-4H3/t26-/m1/s1. The maximum absolute atomic E-state index is 13.1. The van der Waals surface area contributed by atoms with Crippen molar-refractivity contribution in [2.24, 2.45) is 5.92 Å². The van der Waals surface area contributed by atoms with E-state index in [0.29, 0.717) is 11.4 Å². The smallest absolute Gasteiger partial charge is 0.211 e. The molecule has 0 saturated carbocycles. The predicted molar refractivity (Wildman–Crippen MR) is 154 cm³/mol. The van der Waals surface area contributed by atoms with Crippen LogP contribution in [0.1, 0.15) is 45.6 Å². The van der Waals surface area contributed by atoms with Crippen LogP contribution in [0.2, 0.25) is 11.1 Å². The molecule has 0 unspecified atom stereocenters. The lowest BCUT2D eigenvalue weighted by Crippen LogP contribution is -2.64. The lowest BCUT2D eigenvalue weighted by atomic mass is 9.89. The minimum atomic E-state index is -3.54. The Bertz CT molecular complexity index is 1240. The van der Waals surface area contributed by atoms with Gasteiger partial charge in [-0.25, -0.2) is 13.1 Å². The van der Waals surface area contributed by atoms with Crippen molar-refractivity contribution in [2.45, 2.75) is 62.9 Å². The topological polar surface area (TPSA) is 46.2 Å².